The molecule has 1 aliphatic heterocycles. The number of amides is 1. The van der Waals surface area contributed by atoms with Crippen molar-refractivity contribution >= 4 is 21.8 Å². The first-order chi connectivity index (χ1) is 10.7. The third kappa shape index (κ3) is 3.51. The zero-order valence-corrected chi connectivity index (χ0v) is 13.3. The molecule has 0 aliphatic carbocycles. The Bertz CT molecular complexity index is 690. The zero-order chi connectivity index (χ0) is 15.4. The van der Waals surface area contributed by atoms with Crippen molar-refractivity contribution in [3.05, 3.63) is 58.7 Å². The second-order valence-corrected chi connectivity index (χ2v) is 5.57. The highest BCUT2D eigenvalue weighted by atomic mass is 79.9. The van der Waals surface area contributed by atoms with Crippen LogP contribution in [0.2, 0.25) is 0 Å². The van der Waals surface area contributed by atoms with Crippen LogP contribution in [0.25, 0.3) is 11.3 Å². The molecule has 2 aromatic rings. The quantitative estimate of drug-likeness (QED) is 0.905. The van der Waals surface area contributed by atoms with Gasteiger partial charge in [0, 0.05) is 10.0 Å². The van der Waals surface area contributed by atoms with Crippen molar-refractivity contribution in [2.45, 2.75) is 6.54 Å². The van der Waals surface area contributed by atoms with E-state index in [0.717, 1.165) is 15.8 Å². The Morgan fingerprint density at radius 2 is 1.95 bits per heavy atom. The minimum absolute atomic E-state index is 0.186. The van der Waals surface area contributed by atoms with Gasteiger partial charge in [0.1, 0.15) is 31.0 Å². The fourth-order valence-corrected chi connectivity index (χ4v) is 2.25. The average Bonchev–Trinajstić information content (AvgIpc) is 3.03. The van der Waals surface area contributed by atoms with Crippen molar-refractivity contribution < 1.29 is 18.7 Å². The Hall–Kier alpha value is -2.21. The second kappa shape index (κ2) is 6.70. The van der Waals surface area contributed by atoms with E-state index in [2.05, 4.69) is 21.2 Å². The van der Waals surface area contributed by atoms with Gasteiger partial charge in [0.05, 0.1) is 6.54 Å². The van der Waals surface area contributed by atoms with Gasteiger partial charge in [-0.15, -0.1) is 0 Å². The van der Waals surface area contributed by atoms with Gasteiger partial charge in [0.2, 0.25) is 5.76 Å². The van der Waals surface area contributed by atoms with E-state index in [-0.39, 0.29) is 18.2 Å². The molecule has 1 amide bonds. The van der Waals surface area contributed by atoms with Crippen molar-refractivity contribution in [1.82, 2.24) is 5.32 Å². The van der Waals surface area contributed by atoms with Crippen molar-refractivity contribution in [2.24, 2.45) is 0 Å². The van der Waals surface area contributed by atoms with Gasteiger partial charge in [0.15, 0.2) is 0 Å². The van der Waals surface area contributed by atoms with Crippen LogP contribution in [0.3, 0.4) is 0 Å². The number of furan rings is 1. The molecule has 0 bridgehead atoms. The van der Waals surface area contributed by atoms with Gasteiger partial charge in [-0.05, 0) is 24.3 Å². The van der Waals surface area contributed by atoms with Crippen LogP contribution in [0, 0.1) is 0 Å². The van der Waals surface area contributed by atoms with Gasteiger partial charge in [-0.25, -0.2) is 0 Å². The molecule has 114 valence electrons. The van der Waals surface area contributed by atoms with Gasteiger partial charge in [-0.2, -0.15) is 0 Å². The summed E-state index contributed by atoms with van der Waals surface area (Å²) in [5.74, 6) is 1.30. The number of nitrogens with one attached hydrogen (secondary N) is 1. The van der Waals surface area contributed by atoms with Gasteiger partial charge in [0.25, 0.3) is 5.91 Å². The van der Waals surface area contributed by atoms with E-state index in [4.69, 9.17) is 13.9 Å². The van der Waals surface area contributed by atoms with Crippen molar-refractivity contribution in [1.29, 1.82) is 0 Å². The molecule has 1 N–H and O–H groups in total. The summed E-state index contributed by atoms with van der Waals surface area (Å²) < 4.78 is 17.0. The minimum Gasteiger partial charge on any atom is -0.494 e. The Labute approximate surface area is 136 Å². The maximum Gasteiger partial charge on any atom is 0.290 e. The summed E-state index contributed by atoms with van der Waals surface area (Å²) in [5.41, 5.74) is 0.979. The van der Waals surface area contributed by atoms with Crippen LogP contribution >= 0.6 is 15.9 Å². The van der Waals surface area contributed by atoms with Crippen LogP contribution in [0.5, 0.6) is 0 Å². The zero-order valence-electron chi connectivity index (χ0n) is 11.7. The lowest BCUT2D eigenvalue weighted by atomic mass is 10.2. The molecule has 0 fully saturated rings. The summed E-state index contributed by atoms with van der Waals surface area (Å²) in [4.78, 5) is 11.9. The molecule has 22 heavy (non-hydrogen) atoms. The lowest BCUT2D eigenvalue weighted by molar-refractivity contribution is -0.122. The number of halogens is 1. The Morgan fingerprint density at radius 1 is 1.14 bits per heavy atom. The Balaban J connectivity index is 1.61. The first-order valence-electron chi connectivity index (χ1n) is 6.80. The molecule has 3 rings (SSSR count). The summed E-state index contributed by atoms with van der Waals surface area (Å²) in [7, 11) is 0. The molecular formula is C16H14BrNO4. The van der Waals surface area contributed by atoms with Gasteiger partial charge in [-0.3, -0.25) is 4.79 Å². The van der Waals surface area contributed by atoms with E-state index in [9.17, 15) is 4.79 Å². The monoisotopic (exact) mass is 363 g/mol. The number of rotatable bonds is 4. The average molecular weight is 364 g/mol. The smallest absolute Gasteiger partial charge is 0.290 e. The van der Waals surface area contributed by atoms with Crippen LogP contribution in [0.4, 0.5) is 0 Å². The third-order valence-electron chi connectivity index (χ3n) is 3.09. The van der Waals surface area contributed by atoms with Gasteiger partial charge in [-0.1, -0.05) is 28.1 Å². The van der Waals surface area contributed by atoms with Crippen molar-refractivity contribution in [3.8, 4) is 11.3 Å². The number of hydrogen-bond donors (Lipinski definition) is 1. The second-order valence-electron chi connectivity index (χ2n) is 4.66. The molecule has 0 saturated heterocycles. The lowest BCUT2D eigenvalue weighted by Crippen LogP contribution is -2.27. The summed E-state index contributed by atoms with van der Waals surface area (Å²) in [6, 6.07) is 11.5. The molecule has 0 atom stereocenters. The summed E-state index contributed by atoms with van der Waals surface area (Å²) >= 11 is 3.40. The molecular weight excluding hydrogens is 350 g/mol. The normalized spacial score (nSPS) is 13.8. The topological polar surface area (TPSA) is 60.7 Å². The fourth-order valence-electron chi connectivity index (χ4n) is 1.98. The number of carbonyl (C=O) groups excluding carboxylic acids is 1. The molecule has 0 spiro atoms. The maximum absolute atomic E-state index is 11.9. The highest BCUT2D eigenvalue weighted by molar-refractivity contribution is 9.10. The highest BCUT2D eigenvalue weighted by Crippen LogP contribution is 2.24. The summed E-state index contributed by atoms with van der Waals surface area (Å²) in [6.07, 6.45) is 1.33. The van der Waals surface area contributed by atoms with E-state index in [1.165, 1.54) is 6.26 Å². The predicted molar refractivity (Wildman–Crippen MR) is 83.7 cm³/mol. The molecule has 5 nitrogen and oxygen atoms in total. The van der Waals surface area contributed by atoms with Crippen molar-refractivity contribution in [3.63, 3.8) is 0 Å². The molecule has 0 saturated carbocycles. The maximum atomic E-state index is 11.9. The third-order valence-corrected chi connectivity index (χ3v) is 3.62. The van der Waals surface area contributed by atoms with Crippen LogP contribution in [-0.4, -0.2) is 19.1 Å². The first-order valence-corrected chi connectivity index (χ1v) is 7.59. The minimum atomic E-state index is -0.318. The van der Waals surface area contributed by atoms with Crippen LogP contribution in [-0.2, 0) is 20.8 Å². The van der Waals surface area contributed by atoms with Gasteiger partial charge < -0.3 is 19.2 Å². The van der Waals surface area contributed by atoms with E-state index in [1.807, 2.05) is 36.4 Å². The number of hydrogen-bond acceptors (Lipinski definition) is 4. The van der Waals surface area contributed by atoms with E-state index < -0.39 is 0 Å². The molecule has 1 aromatic carbocycles. The standard InChI is InChI=1S/C16H14BrNO4/c17-12-3-1-11(2-4-12)14-6-5-13(22-14)9-18-16(19)15-10-20-7-8-21-15/h1-6,10H,7-9H2,(H,18,19). The number of benzene rings is 1. The van der Waals surface area contributed by atoms with Gasteiger partial charge >= 0.3 is 0 Å². The van der Waals surface area contributed by atoms with Crippen LogP contribution in [0.15, 0.2) is 57.3 Å². The molecule has 0 radical (unpaired) electrons. The highest BCUT2D eigenvalue weighted by Gasteiger charge is 2.15. The Kier molecular flexibility index (Phi) is 4.48. The van der Waals surface area contributed by atoms with Crippen LogP contribution in [0.1, 0.15) is 5.76 Å². The fraction of sp³-hybridized carbons (Fsp3) is 0.188. The SMILES string of the molecule is O=C(NCc1ccc(-c2ccc(Br)cc2)o1)C1=COCCO1. The molecule has 1 aromatic heterocycles. The molecule has 1 aliphatic rings. The van der Waals surface area contributed by atoms with E-state index in [0.29, 0.717) is 19.0 Å². The summed E-state index contributed by atoms with van der Waals surface area (Å²) in [6.45, 7) is 1.13. The lowest BCUT2D eigenvalue weighted by Gasteiger charge is -2.14. The number of carbonyl (C=O) groups is 1. The molecule has 0 unspecified atom stereocenters. The Morgan fingerprint density at radius 3 is 2.68 bits per heavy atom. The molecule has 2 heterocycles. The predicted octanol–water partition coefficient (Wildman–Crippen LogP) is 3.21. The van der Waals surface area contributed by atoms with Crippen LogP contribution < -0.4 is 5.32 Å². The number of ether oxygens (including phenoxy) is 2. The van der Waals surface area contributed by atoms with E-state index in [1.54, 1.807) is 0 Å². The summed E-state index contributed by atoms with van der Waals surface area (Å²) in [5, 5.41) is 2.73. The first kappa shape index (κ1) is 14.7. The van der Waals surface area contributed by atoms with E-state index >= 15 is 0 Å². The molecule has 6 heteroatoms. The van der Waals surface area contributed by atoms with Crippen molar-refractivity contribution in [2.75, 3.05) is 13.2 Å². The largest absolute Gasteiger partial charge is 0.494 e.